The van der Waals surface area contributed by atoms with Gasteiger partial charge < -0.3 is 15.4 Å². The van der Waals surface area contributed by atoms with Crippen molar-refractivity contribution in [3.63, 3.8) is 0 Å². The number of ether oxygens (including phenoxy) is 1. The van der Waals surface area contributed by atoms with Crippen LogP contribution in [-0.2, 0) is 9.53 Å². The summed E-state index contributed by atoms with van der Waals surface area (Å²) in [5.41, 5.74) is -1.44. The van der Waals surface area contributed by atoms with Crippen molar-refractivity contribution in [1.82, 2.24) is 10.6 Å². The standard InChI is InChI=1S/C16H30N2O2/c1-11(2)8-15(7)17-12(19)16(20-15)9-13(3,4)18-14(5,6)10-16/h11,18H,8-10H2,1-7H3,(H,17,19). The van der Waals surface area contributed by atoms with Gasteiger partial charge in [-0.05, 0) is 47.0 Å². The van der Waals surface area contributed by atoms with Gasteiger partial charge in [-0.2, -0.15) is 0 Å². The highest BCUT2D eigenvalue weighted by molar-refractivity contribution is 5.88. The average Bonchev–Trinajstić information content (AvgIpc) is 2.28. The van der Waals surface area contributed by atoms with Crippen LogP contribution < -0.4 is 10.6 Å². The van der Waals surface area contributed by atoms with Gasteiger partial charge >= 0.3 is 0 Å². The Balaban J connectivity index is 2.29. The van der Waals surface area contributed by atoms with E-state index in [2.05, 4.69) is 52.2 Å². The first-order valence-electron chi connectivity index (χ1n) is 7.69. The molecule has 1 spiro atoms. The van der Waals surface area contributed by atoms with Gasteiger partial charge in [0.05, 0.1) is 0 Å². The second-order valence-electron chi connectivity index (χ2n) is 8.63. The molecule has 4 nitrogen and oxygen atoms in total. The SMILES string of the molecule is CC(C)CC1(C)NC(=O)C2(CC(C)(C)NC(C)(C)C2)O1. The van der Waals surface area contributed by atoms with Crippen LogP contribution >= 0.6 is 0 Å². The summed E-state index contributed by atoms with van der Waals surface area (Å²) < 4.78 is 6.37. The molecule has 2 heterocycles. The maximum Gasteiger partial charge on any atom is 0.254 e. The lowest BCUT2D eigenvalue weighted by Gasteiger charge is -2.50. The van der Waals surface area contributed by atoms with Crippen LogP contribution in [0.25, 0.3) is 0 Å². The Hall–Kier alpha value is -0.610. The van der Waals surface area contributed by atoms with Gasteiger partial charge in [0.1, 0.15) is 5.72 Å². The topological polar surface area (TPSA) is 50.4 Å². The number of nitrogens with one attached hydrogen (secondary N) is 2. The summed E-state index contributed by atoms with van der Waals surface area (Å²) in [5.74, 6) is 0.543. The van der Waals surface area contributed by atoms with E-state index in [0.29, 0.717) is 18.8 Å². The summed E-state index contributed by atoms with van der Waals surface area (Å²) in [6, 6.07) is 0. The number of amides is 1. The van der Waals surface area contributed by atoms with Gasteiger partial charge in [0.15, 0.2) is 5.60 Å². The third kappa shape index (κ3) is 3.01. The van der Waals surface area contributed by atoms with Crippen LogP contribution in [0.2, 0.25) is 0 Å². The number of carbonyl (C=O) groups is 1. The van der Waals surface area contributed by atoms with E-state index in [1.54, 1.807) is 0 Å². The summed E-state index contributed by atoms with van der Waals surface area (Å²) in [6.07, 6.45) is 2.26. The lowest BCUT2D eigenvalue weighted by atomic mass is 9.72. The van der Waals surface area contributed by atoms with Crippen LogP contribution in [0.15, 0.2) is 0 Å². The number of hydrogen-bond acceptors (Lipinski definition) is 3. The van der Waals surface area contributed by atoms with Crippen LogP contribution in [-0.4, -0.2) is 28.3 Å². The number of rotatable bonds is 2. The van der Waals surface area contributed by atoms with E-state index in [-0.39, 0.29) is 17.0 Å². The minimum Gasteiger partial charge on any atom is -0.340 e. The molecule has 0 aliphatic carbocycles. The Kier molecular flexibility index (Phi) is 3.50. The van der Waals surface area contributed by atoms with Crippen LogP contribution in [0.5, 0.6) is 0 Å². The Bertz CT molecular complexity index is 399. The van der Waals surface area contributed by atoms with Crippen LogP contribution in [0, 0.1) is 5.92 Å². The largest absolute Gasteiger partial charge is 0.340 e. The average molecular weight is 282 g/mol. The van der Waals surface area contributed by atoms with E-state index in [9.17, 15) is 4.79 Å². The molecule has 1 amide bonds. The zero-order chi connectivity index (χ0) is 15.4. The van der Waals surface area contributed by atoms with Crippen molar-refractivity contribution in [3.8, 4) is 0 Å². The highest BCUT2D eigenvalue weighted by Crippen LogP contribution is 2.44. The first kappa shape index (κ1) is 15.8. The Morgan fingerprint density at radius 3 is 2.05 bits per heavy atom. The van der Waals surface area contributed by atoms with Gasteiger partial charge in [-0.25, -0.2) is 0 Å². The molecule has 0 aromatic carbocycles. The fourth-order valence-electron chi connectivity index (χ4n) is 4.46. The zero-order valence-corrected chi connectivity index (χ0v) is 14.0. The predicted octanol–water partition coefficient (Wildman–Crippen LogP) is 2.57. The summed E-state index contributed by atoms with van der Waals surface area (Å²) in [6.45, 7) is 14.9. The van der Waals surface area contributed by atoms with Crippen molar-refractivity contribution in [2.75, 3.05) is 0 Å². The number of piperidine rings is 1. The maximum absolute atomic E-state index is 12.7. The second kappa shape index (κ2) is 4.44. The minimum absolute atomic E-state index is 0.0586. The maximum atomic E-state index is 12.7. The smallest absolute Gasteiger partial charge is 0.254 e. The van der Waals surface area contributed by atoms with Crippen LogP contribution in [0.1, 0.15) is 67.7 Å². The Morgan fingerprint density at radius 1 is 1.10 bits per heavy atom. The van der Waals surface area contributed by atoms with Gasteiger partial charge in [-0.15, -0.1) is 0 Å². The number of carbonyl (C=O) groups excluding carboxylic acids is 1. The molecule has 20 heavy (non-hydrogen) atoms. The summed E-state index contributed by atoms with van der Waals surface area (Å²) in [4.78, 5) is 12.7. The fourth-order valence-corrected chi connectivity index (χ4v) is 4.46. The fraction of sp³-hybridized carbons (Fsp3) is 0.938. The molecule has 2 N–H and O–H groups in total. The van der Waals surface area contributed by atoms with Gasteiger partial charge in [-0.3, -0.25) is 4.79 Å². The van der Waals surface area contributed by atoms with Crippen molar-refractivity contribution in [2.24, 2.45) is 5.92 Å². The molecule has 0 bridgehead atoms. The lowest BCUT2D eigenvalue weighted by Crippen LogP contribution is -2.65. The molecule has 1 atom stereocenters. The monoisotopic (exact) mass is 282 g/mol. The second-order valence-corrected chi connectivity index (χ2v) is 8.63. The van der Waals surface area contributed by atoms with Crippen LogP contribution in [0.4, 0.5) is 0 Å². The predicted molar refractivity (Wildman–Crippen MR) is 80.3 cm³/mol. The van der Waals surface area contributed by atoms with Gasteiger partial charge in [0.2, 0.25) is 0 Å². The molecular formula is C16H30N2O2. The molecular weight excluding hydrogens is 252 g/mol. The lowest BCUT2D eigenvalue weighted by molar-refractivity contribution is -0.160. The molecule has 0 radical (unpaired) electrons. The molecule has 116 valence electrons. The zero-order valence-electron chi connectivity index (χ0n) is 14.0. The molecule has 2 aliphatic heterocycles. The number of hydrogen-bond donors (Lipinski definition) is 2. The molecule has 4 heteroatoms. The van der Waals surface area contributed by atoms with Crippen molar-refractivity contribution >= 4 is 5.91 Å². The Morgan fingerprint density at radius 2 is 1.60 bits per heavy atom. The van der Waals surface area contributed by atoms with E-state index < -0.39 is 11.3 Å². The quantitative estimate of drug-likeness (QED) is 0.818. The molecule has 2 rings (SSSR count). The molecule has 2 aliphatic rings. The van der Waals surface area contributed by atoms with E-state index >= 15 is 0 Å². The highest BCUT2D eigenvalue weighted by Gasteiger charge is 2.59. The van der Waals surface area contributed by atoms with E-state index in [1.165, 1.54) is 0 Å². The molecule has 0 aromatic rings. The first-order chi connectivity index (χ1) is 8.87. The molecule has 1 unspecified atom stereocenters. The molecule has 0 aromatic heterocycles. The highest BCUT2D eigenvalue weighted by atomic mass is 16.6. The van der Waals surface area contributed by atoms with Crippen molar-refractivity contribution in [1.29, 1.82) is 0 Å². The van der Waals surface area contributed by atoms with Crippen molar-refractivity contribution in [3.05, 3.63) is 0 Å². The molecule has 2 saturated heterocycles. The minimum atomic E-state index is -0.693. The van der Waals surface area contributed by atoms with Crippen LogP contribution in [0.3, 0.4) is 0 Å². The van der Waals surface area contributed by atoms with Crippen molar-refractivity contribution in [2.45, 2.75) is 90.1 Å². The van der Waals surface area contributed by atoms with Gasteiger partial charge in [0, 0.05) is 23.9 Å². The molecule has 2 fully saturated rings. The van der Waals surface area contributed by atoms with E-state index in [4.69, 9.17) is 4.74 Å². The van der Waals surface area contributed by atoms with Crippen molar-refractivity contribution < 1.29 is 9.53 Å². The first-order valence-corrected chi connectivity index (χ1v) is 7.69. The normalized spacial score (nSPS) is 34.5. The van der Waals surface area contributed by atoms with E-state index in [0.717, 1.165) is 6.42 Å². The Labute approximate surface area is 123 Å². The summed E-state index contributed by atoms with van der Waals surface area (Å²) >= 11 is 0. The third-order valence-electron chi connectivity index (χ3n) is 4.14. The summed E-state index contributed by atoms with van der Waals surface area (Å²) in [5, 5.41) is 6.72. The molecule has 0 saturated carbocycles. The summed E-state index contributed by atoms with van der Waals surface area (Å²) in [7, 11) is 0. The third-order valence-corrected chi connectivity index (χ3v) is 4.14. The van der Waals surface area contributed by atoms with Gasteiger partial charge in [-0.1, -0.05) is 13.8 Å². The van der Waals surface area contributed by atoms with Gasteiger partial charge in [0.25, 0.3) is 5.91 Å². The van der Waals surface area contributed by atoms with E-state index in [1.807, 2.05) is 6.92 Å².